The predicted octanol–water partition coefficient (Wildman–Crippen LogP) is 3.11. The molecule has 0 N–H and O–H groups in total. The topological polar surface area (TPSA) is 83.5 Å². The lowest BCUT2D eigenvalue weighted by atomic mass is 10.1. The molecule has 142 valence electrons. The zero-order valence-corrected chi connectivity index (χ0v) is 15.9. The predicted molar refractivity (Wildman–Crippen MR) is 104 cm³/mol. The van der Waals surface area contributed by atoms with E-state index in [2.05, 4.69) is 27.2 Å². The second-order valence-corrected chi connectivity index (χ2v) is 7.27. The van der Waals surface area contributed by atoms with Gasteiger partial charge in [-0.1, -0.05) is 17.3 Å². The molecule has 0 saturated heterocycles. The van der Waals surface area contributed by atoms with Crippen molar-refractivity contribution < 1.29 is 4.74 Å². The standard InChI is InChI=1S/C20H21N7O/c1-13(18-11-26(25-23-18)10-14-6-7-14)27-20-17(9-21-12-22-20)19(24-27)15-4-3-5-16(8-15)28-2/h3-5,8-9,11-14H,6-7,10H2,1-2H3. The third-order valence-corrected chi connectivity index (χ3v) is 5.21. The van der Waals surface area contributed by atoms with Crippen molar-refractivity contribution in [2.75, 3.05) is 7.11 Å². The Morgan fingerprint density at radius 1 is 1.29 bits per heavy atom. The fraction of sp³-hybridized carbons (Fsp3) is 0.350. The fourth-order valence-corrected chi connectivity index (χ4v) is 3.42. The average Bonchev–Trinajstić information content (AvgIpc) is 3.28. The van der Waals surface area contributed by atoms with E-state index in [1.54, 1.807) is 19.6 Å². The second-order valence-electron chi connectivity index (χ2n) is 7.27. The third kappa shape index (κ3) is 3.00. The Kier molecular flexibility index (Phi) is 4.03. The Hall–Kier alpha value is -3.29. The number of hydrogen-bond donors (Lipinski definition) is 0. The van der Waals surface area contributed by atoms with Gasteiger partial charge in [-0.2, -0.15) is 5.10 Å². The number of rotatable bonds is 6. The summed E-state index contributed by atoms with van der Waals surface area (Å²) in [6, 6.07) is 7.76. The quantitative estimate of drug-likeness (QED) is 0.515. The van der Waals surface area contributed by atoms with Gasteiger partial charge in [0.05, 0.1) is 24.7 Å². The maximum atomic E-state index is 5.36. The first-order valence-corrected chi connectivity index (χ1v) is 9.45. The second kappa shape index (κ2) is 6.70. The molecule has 5 rings (SSSR count). The lowest BCUT2D eigenvalue weighted by Gasteiger charge is -2.09. The van der Waals surface area contributed by atoms with Crippen LogP contribution in [0.5, 0.6) is 5.75 Å². The molecule has 0 amide bonds. The number of aromatic nitrogens is 7. The molecule has 0 aliphatic heterocycles. The summed E-state index contributed by atoms with van der Waals surface area (Å²) in [7, 11) is 1.66. The largest absolute Gasteiger partial charge is 0.497 e. The molecule has 1 aromatic carbocycles. The van der Waals surface area contributed by atoms with E-state index in [1.807, 2.05) is 39.8 Å². The summed E-state index contributed by atoms with van der Waals surface area (Å²) in [6.45, 7) is 3.01. The lowest BCUT2D eigenvalue weighted by Crippen LogP contribution is -2.10. The van der Waals surface area contributed by atoms with Crippen molar-refractivity contribution in [2.45, 2.75) is 32.4 Å². The molecule has 0 bridgehead atoms. The highest BCUT2D eigenvalue weighted by atomic mass is 16.5. The van der Waals surface area contributed by atoms with E-state index >= 15 is 0 Å². The highest BCUT2D eigenvalue weighted by Crippen LogP contribution is 2.32. The maximum absolute atomic E-state index is 5.36. The Morgan fingerprint density at radius 2 is 2.18 bits per heavy atom. The Bertz CT molecular complexity index is 1130. The van der Waals surface area contributed by atoms with Gasteiger partial charge in [-0.05, 0) is 37.8 Å². The van der Waals surface area contributed by atoms with Gasteiger partial charge in [0.1, 0.15) is 23.5 Å². The van der Waals surface area contributed by atoms with Crippen LogP contribution in [0.1, 0.15) is 31.5 Å². The zero-order chi connectivity index (χ0) is 19.1. The molecule has 4 aromatic rings. The van der Waals surface area contributed by atoms with Gasteiger partial charge in [0.25, 0.3) is 0 Å². The van der Waals surface area contributed by atoms with Crippen molar-refractivity contribution in [3.05, 3.63) is 48.7 Å². The summed E-state index contributed by atoms with van der Waals surface area (Å²) in [5.74, 6) is 1.54. The molecule has 1 saturated carbocycles. The van der Waals surface area contributed by atoms with E-state index in [9.17, 15) is 0 Å². The number of fused-ring (bicyclic) bond motifs is 1. The van der Waals surface area contributed by atoms with Gasteiger partial charge in [0, 0.05) is 18.3 Å². The first kappa shape index (κ1) is 16.9. The minimum Gasteiger partial charge on any atom is -0.497 e. The Labute approximate surface area is 162 Å². The van der Waals surface area contributed by atoms with Crippen molar-refractivity contribution in [1.29, 1.82) is 0 Å². The van der Waals surface area contributed by atoms with Crippen LogP contribution in [0, 0.1) is 5.92 Å². The van der Waals surface area contributed by atoms with E-state index in [0.717, 1.165) is 46.2 Å². The highest BCUT2D eigenvalue weighted by molar-refractivity contribution is 5.90. The summed E-state index contributed by atoms with van der Waals surface area (Å²) < 4.78 is 9.20. The third-order valence-electron chi connectivity index (χ3n) is 5.21. The van der Waals surface area contributed by atoms with Crippen LogP contribution in [0.2, 0.25) is 0 Å². The molecule has 1 fully saturated rings. The smallest absolute Gasteiger partial charge is 0.162 e. The van der Waals surface area contributed by atoms with E-state index in [0.29, 0.717) is 0 Å². The molecular weight excluding hydrogens is 354 g/mol. The average molecular weight is 375 g/mol. The summed E-state index contributed by atoms with van der Waals surface area (Å²) in [5, 5.41) is 14.4. The normalized spacial score (nSPS) is 15.1. The molecule has 8 heteroatoms. The van der Waals surface area contributed by atoms with E-state index < -0.39 is 0 Å². The van der Waals surface area contributed by atoms with Crippen LogP contribution in [0.25, 0.3) is 22.3 Å². The van der Waals surface area contributed by atoms with E-state index in [1.165, 1.54) is 12.8 Å². The van der Waals surface area contributed by atoms with Gasteiger partial charge in [-0.25, -0.2) is 14.6 Å². The molecule has 3 heterocycles. The molecule has 3 aromatic heterocycles. The number of benzene rings is 1. The summed E-state index contributed by atoms with van der Waals surface area (Å²) in [6.07, 6.45) is 7.94. The molecule has 1 atom stereocenters. The number of hydrogen-bond acceptors (Lipinski definition) is 6. The van der Waals surface area contributed by atoms with Crippen molar-refractivity contribution in [3.8, 4) is 17.0 Å². The molecule has 1 aliphatic carbocycles. The van der Waals surface area contributed by atoms with Crippen LogP contribution in [-0.4, -0.2) is 41.9 Å². The molecule has 0 radical (unpaired) electrons. The van der Waals surface area contributed by atoms with Crippen molar-refractivity contribution in [3.63, 3.8) is 0 Å². The van der Waals surface area contributed by atoms with E-state index in [-0.39, 0.29) is 6.04 Å². The van der Waals surface area contributed by atoms with Gasteiger partial charge in [0.15, 0.2) is 5.65 Å². The molecular formula is C20H21N7O. The monoisotopic (exact) mass is 375 g/mol. The maximum Gasteiger partial charge on any atom is 0.162 e. The number of ether oxygens (including phenoxy) is 1. The van der Waals surface area contributed by atoms with Gasteiger partial charge in [-0.15, -0.1) is 5.10 Å². The molecule has 8 nitrogen and oxygen atoms in total. The highest BCUT2D eigenvalue weighted by Gasteiger charge is 2.24. The lowest BCUT2D eigenvalue weighted by molar-refractivity contribution is 0.415. The first-order chi connectivity index (χ1) is 13.7. The molecule has 0 spiro atoms. The number of methoxy groups -OCH3 is 1. The fourth-order valence-electron chi connectivity index (χ4n) is 3.42. The molecule has 1 aliphatic rings. The van der Waals surface area contributed by atoms with Crippen LogP contribution in [0.4, 0.5) is 0 Å². The molecule has 28 heavy (non-hydrogen) atoms. The SMILES string of the molecule is COc1cccc(-c2nn(C(C)c3cn(CC4CC4)nn3)c3ncncc23)c1. The summed E-state index contributed by atoms with van der Waals surface area (Å²) >= 11 is 0. The Morgan fingerprint density at radius 3 is 3.00 bits per heavy atom. The van der Waals surface area contributed by atoms with Crippen molar-refractivity contribution >= 4 is 11.0 Å². The molecule has 1 unspecified atom stereocenters. The van der Waals surface area contributed by atoms with Gasteiger partial charge < -0.3 is 4.74 Å². The van der Waals surface area contributed by atoms with Crippen LogP contribution < -0.4 is 4.74 Å². The van der Waals surface area contributed by atoms with Crippen LogP contribution in [0.15, 0.2) is 43.0 Å². The minimum atomic E-state index is -0.0929. The van der Waals surface area contributed by atoms with Crippen molar-refractivity contribution in [1.82, 2.24) is 34.7 Å². The minimum absolute atomic E-state index is 0.0929. The Balaban J connectivity index is 1.56. The first-order valence-electron chi connectivity index (χ1n) is 9.45. The van der Waals surface area contributed by atoms with Gasteiger partial charge in [-0.3, -0.25) is 4.68 Å². The van der Waals surface area contributed by atoms with Crippen LogP contribution >= 0.6 is 0 Å². The van der Waals surface area contributed by atoms with Crippen LogP contribution in [-0.2, 0) is 6.54 Å². The van der Waals surface area contributed by atoms with Gasteiger partial charge in [0.2, 0.25) is 0 Å². The summed E-state index contributed by atoms with van der Waals surface area (Å²) in [5.41, 5.74) is 3.44. The zero-order valence-electron chi connectivity index (χ0n) is 15.9. The van der Waals surface area contributed by atoms with Gasteiger partial charge >= 0.3 is 0 Å². The van der Waals surface area contributed by atoms with Crippen LogP contribution in [0.3, 0.4) is 0 Å². The van der Waals surface area contributed by atoms with E-state index in [4.69, 9.17) is 9.84 Å². The summed E-state index contributed by atoms with van der Waals surface area (Å²) in [4.78, 5) is 8.69. The van der Waals surface area contributed by atoms with Crippen molar-refractivity contribution in [2.24, 2.45) is 5.92 Å². The number of nitrogens with zero attached hydrogens (tertiary/aromatic N) is 7.